The van der Waals surface area contributed by atoms with E-state index in [1.807, 2.05) is 60.7 Å². The van der Waals surface area contributed by atoms with Crippen LogP contribution in [0, 0.1) is 0 Å². The number of aromatic nitrogens is 3. The number of fused-ring (bicyclic) bond motifs is 5. The van der Waals surface area contributed by atoms with Crippen molar-refractivity contribution in [1.29, 1.82) is 0 Å². The van der Waals surface area contributed by atoms with Crippen molar-refractivity contribution in [3.8, 4) is 0 Å². The number of para-hydroxylation sites is 2. The molecule has 0 aliphatic heterocycles. The largest absolute Gasteiger partial charge is 0.874 e. The number of thiazole rings is 2. The van der Waals surface area contributed by atoms with Crippen molar-refractivity contribution in [2.45, 2.75) is 90.8 Å². The standard InChI is InChI=1S/C46H43N3O4S2/c1-4-7-22-47-31-20-18-27(37-41(50)39(42(37)51)45-48(23-8-5-2)33-14-10-12-16-35(33)54-45)25-29(31)30-26-28(19-21-32(30)47)38-43(52)40(44(38)53)46-49(24-9-6-3)34-15-11-13-17-36(34)55-46/h10-21,25-26,39-40H,4-9,22-24H2,1-3H3. The first kappa shape index (κ1) is 35.6. The average Bonchev–Trinajstić information content (AvgIpc) is 3.84. The first-order valence-electron chi connectivity index (χ1n) is 19.7. The van der Waals surface area contributed by atoms with E-state index in [9.17, 15) is 19.8 Å². The van der Waals surface area contributed by atoms with E-state index in [1.165, 1.54) is 0 Å². The summed E-state index contributed by atoms with van der Waals surface area (Å²) in [6, 6.07) is 28.0. The molecule has 2 aliphatic rings. The van der Waals surface area contributed by atoms with Gasteiger partial charge in [-0.2, -0.15) is 9.13 Å². The van der Waals surface area contributed by atoms with E-state index in [4.69, 9.17) is 0 Å². The highest BCUT2D eigenvalue weighted by Crippen LogP contribution is 2.46. The lowest BCUT2D eigenvalue weighted by atomic mass is 9.78. The van der Waals surface area contributed by atoms with E-state index in [0.717, 1.165) is 110 Å². The zero-order valence-electron chi connectivity index (χ0n) is 31.4. The third kappa shape index (κ3) is 5.57. The third-order valence-electron chi connectivity index (χ3n) is 11.4. The summed E-state index contributed by atoms with van der Waals surface area (Å²) in [5.74, 6) is -2.14. The second-order valence-corrected chi connectivity index (χ2v) is 17.0. The quantitative estimate of drug-likeness (QED) is 0.111. The molecule has 2 aliphatic carbocycles. The summed E-state index contributed by atoms with van der Waals surface area (Å²) in [5, 5.41) is 31.5. The van der Waals surface area contributed by atoms with Crippen LogP contribution in [0.25, 0.3) is 53.4 Å². The number of hydrogen-bond donors (Lipinski definition) is 0. The minimum absolute atomic E-state index is 0.138. The molecule has 0 N–H and O–H groups in total. The maximum atomic E-state index is 14.0. The van der Waals surface area contributed by atoms with Crippen LogP contribution in [0.2, 0.25) is 0 Å². The van der Waals surface area contributed by atoms with Gasteiger partial charge in [0.25, 0.3) is 10.0 Å². The van der Waals surface area contributed by atoms with Crippen molar-refractivity contribution < 1.29 is 28.9 Å². The first-order valence-corrected chi connectivity index (χ1v) is 21.3. The number of benzene rings is 4. The molecule has 0 amide bonds. The average molecular weight is 766 g/mol. The van der Waals surface area contributed by atoms with E-state index >= 15 is 0 Å². The molecule has 278 valence electrons. The van der Waals surface area contributed by atoms with Crippen molar-refractivity contribution in [3.05, 3.63) is 118 Å². The molecule has 0 saturated carbocycles. The number of carbonyl (C=O) groups is 2. The van der Waals surface area contributed by atoms with Crippen molar-refractivity contribution in [2.75, 3.05) is 0 Å². The number of Topliss-reactive ketones (excluding diaryl/α,β-unsaturated/α-hetero) is 2. The van der Waals surface area contributed by atoms with Crippen LogP contribution in [0.1, 0.15) is 92.3 Å². The molecule has 7 nitrogen and oxygen atoms in total. The van der Waals surface area contributed by atoms with E-state index in [1.54, 1.807) is 22.7 Å². The van der Waals surface area contributed by atoms with Crippen molar-refractivity contribution in [1.82, 2.24) is 4.57 Å². The molecule has 55 heavy (non-hydrogen) atoms. The topological polar surface area (TPSA) is 92.9 Å². The number of carbonyl (C=O) groups excluding carboxylic acids is 2. The molecule has 9 rings (SSSR count). The van der Waals surface area contributed by atoms with Gasteiger partial charge in [-0.3, -0.25) is 9.59 Å². The van der Waals surface area contributed by atoms with Crippen LogP contribution in [0.5, 0.6) is 0 Å². The second kappa shape index (κ2) is 14.2. The van der Waals surface area contributed by atoms with Crippen LogP contribution in [-0.2, 0) is 29.2 Å². The van der Waals surface area contributed by atoms with Gasteiger partial charge in [-0.1, -0.05) is 111 Å². The Morgan fingerprint density at radius 2 is 1.04 bits per heavy atom. The Kier molecular flexibility index (Phi) is 9.17. The summed E-state index contributed by atoms with van der Waals surface area (Å²) >= 11 is 3.08. The molecular weight excluding hydrogens is 723 g/mol. The summed E-state index contributed by atoms with van der Waals surface area (Å²) < 4.78 is 8.77. The fourth-order valence-corrected chi connectivity index (χ4v) is 11.1. The molecule has 3 heterocycles. The Hall–Kier alpha value is -5.12. The summed E-state index contributed by atoms with van der Waals surface area (Å²) in [6.07, 6.45) is 5.96. The molecule has 0 bridgehead atoms. The Morgan fingerprint density at radius 1 is 0.600 bits per heavy atom. The van der Waals surface area contributed by atoms with Crippen LogP contribution >= 0.6 is 22.7 Å². The van der Waals surface area contributed by atoms with Gasteiger partial charge >= 0.3 is 0 Å². The molecule has 0 fully saturated rings. The van der Waals surface area contributed by atoms with Gasteiger partial charge in [-0.15, -0.1) is 0 Å². The lowest BCUT2D eigenvalue weighted by Gasteiger charge is -2.34. The Morgan fingerprint density at radius 3 is 1.45 bits per heavy atom. The van der Waals surface area contributed by atoms with Crippen molar-refractivity contribution in [2.24, 2.45) is 0 Å². The summed E-state index contributed by atoms with van der Waals surface area (Å²) in [7, 11) is 0. The number of allylic oxidation sites excluding steroid dienone is 4. The van der Waals surface area contributed by atoms with Crippen LogP contribution in [-0.4, -0.2) is 16.1 Å². The zero-order chi connectivity index (χ0) is 38.0. The van der Waals surface area contributed by atoms with Gasteiger partial charge in [0.2, 0.25) is 11.0 Å². The Balaban J connectivity index is 1.12. The molecule has 4 aromatic carbocycles. The van der Waals surface area contributed by atoms with Gasteiger partial charge in [-0.05, 0) is 53.9 Å². The van der Waals surface area contributed by atoms with Gasteiger partial charge in [-0.25, -0.2) is 0 Å². The number of rotatable bonds is 13. The smallest absolute Gasteiger partial charge is 0.252 e. The molecule has 2 unspecified atom stereocenters. The molecule has 9 heteroatoms. The maximum Gasteiger partial charge on any atom is 0.252 e. The minimum atomic E-state index is -0.793. The molecule has 0 saturated heterocycles. The van der Waals surface area contributed by atoms with E-state index in [2.05, 4.69) is 58.7 Å². The number of ketones is 2. The highest BCUT2D eigenvalue weighted by molar-refractivity contribution is 7.18. The van der Waals surface area contributed by atoms with Crippen molar-refractivity contribution in [3.63, 3.8) is 0 Å². The van der Waals surface area contributed by atoms with Crippen LogP contribution in [0.4, 0.5) is 0 Å². The Bertz CT molecular complexity index is 2580. The maximum absolute atomic E-state index is 14.0. The number of aryl methyl sites for hydroxylation is 3. The summed E-state index contributed by atoms with van der Waals surface area (Å²) in [4.78, 5) is 28.0. The van der Waals surface area contributed by atoms with Crippen LogP contribution in [0.15, 0.2) is 96.4 Å². The Labute approximate surface area is 328 Å². The van der Waals surface area contributed by atoms with E-state index < -0.39 is 11.8 Å². The molecule has 2 atom stereocenters. The molecule has 0 spiro atoms. The minimum Gasteiger partial charge on any atom is -0.874 e. The second-order valence-electron chi connectivity index (χ2n) is 14.9. The fraction of sp³-hybridized carbons (Fsp3) is 0.304. The normalized spacial score (nSPS) is 17.4. The lowest BCUT2D eigenvalue weighted by Crippen LogP contribution is -2.44. The summed E-state index contributed by atoms with van der Waals surface area (Å²) in [6.45, 7) is 8.78. The highest BCUT2D eigenvalue weighted by atomic mass is 32.1. The molecule has 0 radical (unpaired) electrons. The number of unbranched alkanes of at least 4 members (excludes halogenated alkanes) is 3. The lowest BCUT2D eigenvalue weighted by molar-refractivity contribution is -0.675. The molecule has 7 aromatic rings. The molecular formula is C46H43N3O4S2. The fourth-order valence-electron chi connectivity index (χ4n) is 8.52. The van der Waals surface area contributed by atoms with Crippen molar-refractivity contribution >= 4 is 87.6 Å². The monoisotopic (exact) mass is 765 g/mol. The predicted octanol–water partition coefficient (Wildman–Crippen LogP) is 8.08. The van der Waals surface area contributed by atoms with Gasteiger partial charge in [0.05, 0.1) is 0 Å². The van der Waals surface area contributed by atoms with E-state index in [0.29, 0.717) is 11.1 Å². The zero-order valence-corrected chi connectivity index (χ0v) is 33.0. The van der Waals surface area contributed by atoms with Crippen LogP contribution < -0.4 is 19.3 Å². The van der Waals surface area contributed by atoms with Crippen LogP contribution in [0.3, 0.4) is 0 Å². The third-order valence-corrected chi connectivity index (χ3v) is 13.9. The summed E-state index contributed by atoms with van der Waals surface area (Å²) in [5.41, 5.74) is 5.85. The first-order chi connectivity index (χ1) is 26.9. The van der Waals surface area contributed by atoms with Gasteiger partial charge in [0, 0.05) is 64.5 Å². The highest BCUT2D eigenvalue weighted by Gasteiger charge is 2.44. The SMILES string of the molecule is CCCCn1c2ccc(C3=C([O-])C(c4sc5ccccc5[n+]4CCCC)C3=O)cc2c2cc(C3=C([O-])C(c4sc5ccccc5[n+]4CCCC)C3=O)ccc21. The number of hydrogen-bond acceptors (Lipinski definition) is 6. The van der Waals surface area contributed by atoms with Gasteiger partial charge < -0.3 is 14.8 Å². The predicted molar refractivity (Wildman–Crippen MR) is 218 cm³/mol. The van der Waals surface area contributed by atoms with Gasteiger partial charge in [0.15, 0.2) is 11.6 Å². The van der Waals surface area contributed by atoms with E-state index in [-0.39, 0.29) is 34.2 Å². The van der Waals surface area contributed by atoms with Gasteiger partial charge in [0.1, 0.15) is 34.3 Å². The molecule has 3 aromatic heterocycles. The number of nitrogens with zero attached hydrogens (tertiary/aromatic N) is 3.